The number of aliphatic hydroxyl groups excluding tert-OH is 1. The van der Waals surface area contributed by atoms with Gasteiger partial charge >= 0.3 is 0 Å². The number of likely N-dealkylation sites (tertiary alicyclic amines) is 1. The zero-order valence-corrected chi connectivity index (χ0v) is 9.24. The number of carbonyl (C=O) groups is 1. The Kier molecular flexibility index (Phi) is 2.72. The minimum Gasteiger partial charge on any atom is -0.396 e. The van der Waals surface area contributed by atoms with E-state index in [4.69, 9.17) is 5.11 Å². The van der Waals surface area contributed by atoms with Gasteiger partial charge in [-0.1, -0.05) is 0 Å². The number of carbonyl (C=O) groups excluding carboxylic acids is 1. The average molecular weight is 233 g/mol. The van der Waals surface area contributed by atoms with E-state index in [-0.39, 0.29) is 36.0 Å². The van der Waals surface area contributed by atoms with Gasteiger partial charge in [0.15, 0.2) is 9.84 Å². The van der Waals surface area contributed by atoms with Crippen LogP contribution in [0.4, 0.5) is 0 Å². The molecule has 0 spiro atoms. The maximum Gasteiger partial charge on any atom is 0.223 e. The molecule has 2 aliphatic heterocycles. The van der Waals surface area contributed by atoms with Crippen LogP contribution in [0.5, 0.6) is 0 Å². The van der Waals surface area contributed by atoms with Crippen molar-refractivity contribution < 1.29 is 18.3 Å². The first-order chi connectivity index (χ1) is 7.02. The summed E-state index contributed by atoms with van der Waals surface area (Å²) in [5.74, 6) is 0.249. The molecule has 2 saturated heterocycles. The summed E-state index contributed by atoms with van der Waals surface area (Å²) in [5.41, 5.74) is 0. The fraction of sp³-hybridized carbons (Fsp3) is 0.889. The summed E-state index contributed by atoms with van der Waals surface area (Å²) in [5, 5.41) is 8.95. The molecule has 2 aliphatic rings. The normalized spacial score (nSPS) is 35.0. The van der Waals surface area contributed by atoms with E-state index in [0.29, 0.717) is 19.4 Å². The van der Waals surface area contributed by atoms with Gasteiger partial charge in [-0.3, -0.25) is 4.79 Å². The number of hydrogen-bond acceptors (Lipinski definition) is 4. The number of sulfone groups is 1. The molecular formula is C9H15NO4S. The number of rotatable bonds is 2. The molecule has 2 heterocycles. The highest BCUT2D eigenvalue weighted by molar-refractivity contribution is 7.91. The zero-order valence-electron chi connectivity index (χ0n) is 8.42. The van der Waals surface area contributed by atoms with Crippen molar-refractivity contribution >= 4 is 15.7 Å². The predicted octanol–water partition coefficient (Wildman–Crippen LogP) is -0.986. The predicted molar refractivity (Wildman–Crippen MR) is 54.0 cm³/mol. The van der Waals surface area contributed by atoms with Crippen molar-refractivity contribution in [2.24, 2.45) is 5.92 Å². The van der Waals surface area contributed by atoms with E-state index in [0.717, 1.165) is 0 Å². The van der Waals surface area contributed by atoms with Gasteiger partial charge < -0.3 is 10.0 Å². The number of nitrogens with zero attached hydrogens (tertiary/aromatic N) is 1. The second-order valence-electron chi connectivity index (χ2n) is 4.36. The van der Waals surface area contributed by atoms with Crippen molar-refractivity contribution in [1.82, 2.24) is 4.90 Å². The number of hydrogen-bond donors (Lipinski definition) is 1. The summed E-state index contributed by atoms with van der Waals surface area (Å²) in [7, 11) is -2.94. The van der Waals surface area contributed by atoms with Gasteiger partial charge in [0.25, 0.3) is 0 Å². The number of aliphatic hydroxyl groups is 1. The van der Waals surface area contributed by atoms with E-state index >= 15 is 0 Å². The molecule has 1 amide bonds. The molecule has 1 N–H and O–H groups in total. The van der Waals surface area contributed by atoms with Gasteiger partial charge in [0, 0.05) is 31.5 Å². The van der Waals surface area contributed by atoms with E-state index in [9.17, 15) is 13.2 Å². The summed E-state index contributed by atoms with van der Waals surface area (Å²) in [4.78, 5) is 13.2. The van der Waals surface area contributed by atoms with E-state index in [1.54, 1.807) is 4.90 Å². The van der Waals surface area contributed by atoms with Crippen LogP contribution in [0.1, 0.15) is 12.8 Å². The summed E-state index contributed by atoms with van der Waals surface area (Å²) < 4.78 is 22.5. The average Bonchev–Trinajstić information content (AvgIpc) is 2.69. The second-order valence-corrected chi connectivity index (χ2v) is 6.58. The molecule has 2 atom stereocenters. The molecule has 0 radical (unpaired) electrons. The van der Waals surface area contributed by atoms with E-state index in [1.165, 1.54) is 0 Å². The SMILES string of the molecule is O=C1CC(CO)CN1C1CCS(=O)(=O)C1. The Bertz CT molecular complexity index is 364. The van der Waals surface area contributed by atoms with Gasteiger partial charge in [-0.2, -0.15) is 0 Å². The molecule has 0 aliphatic carbocycles. The van der Waals surface area contributed by atoms with Gasteiger partial charge in [0.1, 0.15) is 0 Å². The minimum atomic E-state index is -2.94. The first-order valence-corrected chi connectivity index (χ1v) is 6.95. The van der Waals surface area contributed by atoms with Gasteiger partial charge in [-0.25, -0.2) is 8.42 Å². The molecule has 6 heteroatoms. The molecule has 15 heavy (non-hydrogen) atoms. The fourth-order valence-electron chi connectivity index (χ4n) is 2.30. The van der Waals surface area contributed by atoms with Crippen LogP contribution in [0.15, 0.2) is 0 Å². The summed E-state index contributed by atoms with van der Waals surface area (Å²) in [6, 6.07) is -0.154. The van der Waals surface area contributed by atoms with E-state index in [2.05, 4.69) is 0 Å². The number of amides is 1. The van der Waals surface area contributed by atoms with Crippen molar-refractivity contribution in [3.05, 3.63) is 0 Å². The molecule has 2 unspecified atom stereocenters. The van der Waals surface area contributed by atoms with Crippen molar-refractivity contribution in [2.75, 3.05) is 24.7 Å². The highest BCUT2D eigenvalue weighted by atomic mass is 32.2. The van der Waals surface area contributed by atoms with Crippen LogP contribution in [-0.2, 0) is 14.6 Å². The van der Waals surface area contributed by atoms with Gasteiger partial charge in [0.05, 0.1) is 11.5 Å². The van der Waals surface area contributed by atoms with E-state index < -0.39 is 9.84 Å². The zero-order chi connectivity index (χ0) is 11.1. The van der Waals surface area contributed by atoms with Gasteiger partial charge in [-0.05, 0) is 6.42 Å². The summed E-state index contributed by atoms with van der Waals surface area (Å²) in [6.45, 7) is 0.511. The van der Waals surface area contributed by atoms with Crippen LogP contribution in [0.2, 0.25) is 0 Å². The van der Waals surface area contributed by atoms with Crippen LogP contribution >= 0.6 is 0 Å². The maximum atomic E-state index is 11.6. The Morgan fingerprint density at radius 3 is 2.67 bits per heavy atom. The molecule has 2 rings (SSSR count). The molecule has 86 valence electrons. The van der Waals surface area contributed by atoms with Crippen molar-refractivity contribution in [3.8, 4) is 0 Å². The first-order valence-electron chi connectivity index (χ1n) is 5.12. The largest absolute Gasteiger partial charge is 0.396 e. The smallest absolute Gasteiger partial charge is 0.223 e. The molecular weight excluding hydrogens is 218 g/mol. The molecule has 0 bridgehead atoms. The maximum absolute atomic E-state index is 11.6. The topological polar surface area (TPSA) is 74.7 Å². The van der Waals surface area contributed by atoms with E-state index in [1.807, 2.05) is 0 Å². The summed E-state index contributed by atoms with van der Waals surface area (Å²) in [6.07, 6.45) is 0.902. The highest BCUT2D eigenvalue weighted by Crippen LogP contribution is 2.25. The Hall–Kier alpha value is -0.620. The lowest BCUT2D eigenvalue weighted by atomic mass is 10.1. The Balaban J connectivity index is 2.04. The highest BCUT2D eigenvalue weighted by Gasteiger charge is 2.39. The van der Waals surface area contributed by atoms with Gasteiger partial charge in [0.2, 0.25) is 5.91 Å². The quantitative estimate of drug-likeness (QED) is 0.665. The van der Waals surface area contributed by atoms with Crippen molar-refractivity contribution in [1.29, 1.82) is 0 Å². The molecule has 0 aromatic heterocycles. The molecule has 0 saturated carbocycles. The van der Waals surface area contributed by atoms with Gasteiger partial charge in [-0.15, -0.1) is 0 Å². The fourth-order valence-corrected chi connectivity index (χ4v) is 4.04. The Labute approximate surface area is 89.0 Å². The first kappa shape index (κ1) is 10.9. The minimum absolute atomic E-state index is 0.00170. The van der Waals surface area contributed by atoms with Crippen molar-refractivity contribution in [2.45, 2.75) is 18.9 Å². The third kappa shape index (κ3) is 2.15. The lowest BCUT2D eigenvalue weighted by molar-refractivity contribution is -0.129. The third-order valence-corrected chi connectivity index (χ3v) is 4.90. The van der Waals surface area contributed by atoms with Crippen LogP contribution in [0.25, 0.3) is 0 Å². The Morgan fingerprint density at radius 2 is 2.20 bits per heavy atom. The Morgan fingerprint density at radius 1 is 1.47 bits per heavy atom. The monoisotopic (exact) mass is 233 g/mol. The van der Waals surface area contributed by atoms with Crippen LogP contribution in [-0.4, -0.2) is 55.0 Å². The second kappa shape index (κ2) is 3.75. The van der Waals surface area contributed by atoms with Crippen LogP contribution < -0.4 is 0 Å². The van der Waals surface area contributed by atoms with Crippen LogP contribution in [0, 0.1) is 5.92 Å². The molecule has 2 fully saturated rings. The van der Waals surface area contributed by atoms with Crippen LogP contribution in [0.3, 0.4) is 0 Å². The lowest BCUT2D eigenvalue weighted by Gasteiger charge is -2.22. The standard InChI is InChI=1S/C9H15NO4S/c11-5-7-3-9(12)10(4-7)8-1-2-15(13,14)6-8/h7-8,11H,1-6H2. The third-order valence-electron chi connectivity index (χ3n) is 3.15. The molecule has 0 aromatic rings. The lowest BCUT2D eigenvalue weighted by Crippen LogP contribution is -2.37. The van der Waals surface area contributed by atoms with Crippen molar-refractivity contribution in [3.63, 3.8) is 0 Å². The molecule has 0 aromatic carbocycles. The molecule has 5 nitrogen and oxygen atoms in total. The summed E-state index contributed by atoms with van der Waals surface area (Å²) >= 11 is 0.